The summed E-state index contributed by atoms with van der Waals surface area (Å²) >= 11 is 0. The van der Waals surface area contributed by atoms with Gasteiger partial charge in [0, 0.05) is 5.04 Å². The summed E-state index contributed by atoms with van der Waals surface area (Å²) in [6.45, 7) is 23.9. The van der Waals surface area contributed by atoms with E-state index in [-0.39, 0.29) is 15.9 Å². The second-order valence-corrected chi connectivity index (χ2v) is 16.9. The van der Waals surface area contributed by atoms with Gasteiger partial charge in [-0.25, -0.2) is 0 Å². The zero-order chi connectivity index (χ0) is 19.7. The van der Waals surface area contributed by atoms with E-state index in [2.05, 4.69) is 105 Å². The van der Waals surface area contributed by atoms with Gasteiger partial charge in [-0.3, -0.25) is 0 Å². The van der Waals surface area contributed by atoms with Gasteiger partial charge in [-0.2, -0.15) is 0 Å². The average Bonchev–Trinajstić information content (AvgIpc) is 2.75. The van der Waals surface area contributed by atoms with E-state index in [9.17, 15) is 0 Å². The number of rotatable bonds is 1. The maximum atomic E-state index is 2.52. The van der Waals surface area contributed by atoms with Crippen LogP contribution in [0.3, 0.4) is 0 Å². The van der Waals surface area contributed by atoms with Gasteiger partial charge in [-0.1, -0.05) is 105 Å². The molecule has 1 aliphatic carbocycles. The highest BCUT2D eigenvalue weighted by molar-refractivity contribution is 6.80. The molecule has 0 aromatic heterocycles. The molecule has 0 saturated carbocycles. The van der Waals surface area contributed by atoms with Crippen LogP contribution in [0.2, 0.25) is 19.6 Å². The Kier molecular flexibility index (Phi) is 4.17. The maximum Gasteiger partial charge on any atom is 0.0609 e. The van der Waals surface area contributed by atoms with Gasteiger partial charge in [-0.15, -0.1) is 0 Å². The molecule has 0 spiro atoms. The minimum absolute atomic E-state index is 0.171. The van der Waals surface area contributed by atoms with E-state index in [0.717, 1.165) is 0 Å². The van der Waals surface area contributed by atoms with Gasteiger partial charge in [0.05, 0.1) is 8.07 Å². The molecule has 2 aromatic carbocycles. The topological polar surface area (TPSA) is 0 Å². The van der Waals surface area contributed by atoms with Crippen molar-refractivity contribution in [2.75, 3.05) is 0 Å². The van der Waals surface area contributed by atoms with E-state index in [1.165, 1.54) is 22.3 Å². The predicted octanol–water partition coefficient (Wildman–Crippen LogP) is 7.45. The van der Waals surface area contributed by atoms with Crippen molar-refractivity contribution < 1.29 is 0 Å². The zero-order valence-corrected chi connectivity index (χ0v) is 19.5. The lowest BCUT2D eigenvalue weighted by Crippen LogP contribution is -2.46. The lowest BCUT2D eigenvalue weighted by Gasteiger charge is -2.39. The molecule has 0 aliphatic heterocycles. The fourth-order valence-corrected chi connectivity index (χ4v) is 6.34. The third kappa shape index (κ3) is 2.80. The Morgan fingerprint density at radius 3 is 1.27 bits per heavy atom. The molecule has 0 amide bonds. The van der Waals surface area contributed by atoms with Crippen LogP contribution < -0.4 is 0 Å². The van der Waals surface area contributed by atoms with Crippen LogP contribution in [0, 0.1) is 0 Å². The minimum atomic E-state index is -1.48. The third-order valence-corrected chi connectivity index (χ3v) is 10.2. The predicted molar refractivity (Wildman–Crippen MR) is 119 cm³/mol. The molecular weight excluding hydrogens is 328 g/mol. The molecule has 3 rings (SSSR count). The van der Waals surface area contributed by atoms with Crippen LogP contribution in [0.25, 0.3) is 11.1 Å². The monoisotopic (exact) mass is 364 g/mol. The minimum Gasteiger partial charge on any atom is -0.0686 e. The van der Waals surface area contributed by atoms with Crippen molar-refractivity contribution in [2.24, 2.45) is 0 Å². The Morgan fingerprint density at radius 2 is 1.00 bits per heavy atom. The Bertz CT molecular complexity index is 788. The molecule has 1 aliphatic rings. The number of fused-ring (bicyclic) bond motifs is 3. The van der Waals surface area contributed by atoms with Crippen molar-refractivity contribution in [3.63, 3.8) is 0 Å². The van der Waals surface area contributed by atoms with E-state index < -0.39 is 8.07 Å². The van der Waals surface area contributed by atoms with Gasteiger partial charge in [-0.05, 0) is 44.2 Å². The number of benzene rings is 2. The van der Waals surface area contributed by atoms with Crippen LogP contribution in [0.5, 0.6) is 0 Å². The summed E-state index contributed by atoms with van der Waals surface area (Å²) < 4.78 is 0. The Hall–Kier alpha value is -1.34. The molecule has 0 fully saturated rings. The summed E-state index contributed by atoms with van der Waals surface area (Å²) in [6.07, 6.45) is 0. The van der Waals surface area contributed by atoms with Gasteiger partial charge >= 0.3 is 0 Å². The normalized spacial score (nSPS) is 16.4. The molecule has 0 heterocycles. The first-order valence-corrected chi connectivity index (χ1v) is 13.5. The number of hydrogen-bond donors (Lipinski definition) is 0. The fraction of sp³-hybridized carbons (Fsp3) is 0.520. The quantitative estimate of drug-likeness (QED) is 0.461. The molecule has 0 nitrogen and oxygen atoms in total. The molecule has 0 saturated heterocycles. The van der Waals surface area contributed by atoms with E-state index in [1.807, 2.05) is 0 Å². The number of hydrogen-bond acceptors (Lipinski definition) is 0. The van der Waals surface area contributed by atoms with Gasteiger partial charge in [0.2, 0.25) is 0 Å². The van der Waals surface area contributed by atoms with Crippen molar-refractivity contribution in [1.82, 2.24) is 0 Å². The summed E-state index contributed by atoms with van der Waals surface area (Å²) in [5.41, 5.74) is 9.26. The molecule has 0 atom stereocenters. The first-order valence-electron chi connectivity index (χ1n) is 9.98. The fourth-order valence-electron chi connectivity index (χ4n) is 4.29. The van der Waals surface area contributed by atoms with Crippen molar-refractivity contribution in [3.05, 3.63) is 58.7 Å². The van der Waals surface area contributed by atoms with Gasteiger partial charge < -0.3 is 0 Å². The third-order valence-electron chi connectivity index (χ3n) is 6.64. The van der Waals surface area contributed by atoms with Gasteiger partial charge in [0.1, 0.15) is 0 Å². The molecule has 140 valence electrons. The SMILES string of the molecule is CC(C)(C)c1ccc2c(c1)-c1cc(C(C)(C)C)ccc1C2(C)[Si](C)(C)C. The van der Waals surface area contributed by atoms with E-state index in [4.69, 9.17) is 0 Å². The lowest BCUT2D eigenvalue weighted by atomic mass is 9.83. The van der Waals surface area contributed by atoms with Crippen LogP contribution >= 0.6 is 0 Å². The van der Waals surface area contributed by atoms with Crippen molar-refractivity contribution in [2.45, 2.75) is 84.0 Å². The van der Waals surface area contributed by atoms with Crippen molar-refractivity contribution in [1.29, 1.82) is 0 Å². The highest BCUT2D eigenvalue weighted by Gasteiger charge is 2.48. The summed E-state index contributed by atoms with van der Waals surface area (Å²) in [6, 6.07) is 14.6. The molecule has 2 aromatic rings. The second kappa shape index (κ2) is 5.58. The highest BCUT2D eigenvalue weighted by Crippen LogP contribution is 2.54. The highest BCUT2D eigenvalue weighted by atomic mass is 28.3. The molecule has 0 N–H and O–H groups in total. The first kappa shape index (κ1) is 19.4. The van der Waals surface area contributed by atoms with Gasteiger partial charge in [0.15, 0.2) is 0 Å². The van der Waals surface area contributed by atoms with E-state index >= 15 is 0 Å². The standard InChI is InChI=1S/C25H36Si/c1-23(2,3)17-11-13-21-19(15-17)20-16-18(24(4,5)6)12-14-22(20)25(21,7)26(8,9)10/h11-16H,1-10H3. The van der Waals surface area contributed by atoms with Gasteiger partial charge in [0.25, 0.3) is 0 Å². The Morgan fingerprint density at radius 1 is 0.654 bits per heavy atom. The Balaban J connectivity index is 2.37. The first-order chi connectivity index (χ1) is 11.7. The van der Waals surface area contributed by atoms with Crippen LogP contribution in [0.15, 0.2) is 36.4 Å². The zero-order valence-electron chi connectivity index (χ0n) is 18.5. The van der Waals surface area contributed by atoms with Crippen LogP contribution in [-0.2, 0) is 15.9 Å². The van der Waals surface area contributed by atoms with Crippen molar-refractivity contribution in [3.8, 4) is 11.1 Å². The van der Waals surface area contributed by atoms with Crippen LogP contribution in [0.4, 0.5) is 0 Å². The molecule has 0 radical (unpaired) electrons. The van der Waals surface area contributed by atoms with Crippen LogP contribution in [0.1, 0.15) is 70.7 Å². The Labute approximate surface area is 162 Å². The van der Waals surface area contributed by atoms with Crippen molar-refractivity contribution >= 4 is 8.07 Å². The molecule has 1 heteroatoms. The average molecular weight is 365 g/mol. The summed E-state index contributed by atoms with van der Waals surface area (Å²) in [5.74, 6) is 0. The lowest BCUT2D eigenvalue weighted by molar-refractivity contribution is 0.589. The van der Waals surface area contributed by atoms with E-state index in [1.54, 1.807) is 11.1 Å². The maximum absolute atomic E-state index is 2.52. The summed E-state index contributed by atoms with van der Waals surface area (Å²) in [5, 5.41) is 0.171. The molecule has 0 unspecified atom stereocenters. The summed E-state index contributed by atoms with van der Waals surface area (Å²) in [7, 11) is -1.48. The molecular formula is C25H36Si. The smallest absolute Gasteiger partial charge is 0.0609 e. The van der Waals surface area contributed by atoms with Crippen LogP contribution in [-0.4, -0.2) is 8.07 Å². The summed E-state index contributed by atoms with van der Waals surface area (Å²) in [4.78, 5) is 0. The molecule has 0 bridgehead atoms. The molecule has 26 heavy (non-hydrogen) atoms. The second-order valence-electron chi connectivity index (χ2n) is 11.4. The largest absolute Gasteiger partial charge is 0.0686 e. The van der Waals surface area contributed by atoms with E-state index in [0.29, 0.717) is 0 Å².